The first-order chi connectivity index (χ1) is 12.7. The number of carbonyl (C=O) groups excluding carboxylic acids is 1. The molecule has 1 aromatic carbocycles. The minimum atomic E-state index is -0.232. The van der Waals surface area contributed by atoms with E-state index in [0.29, 0.717) is 5.69 Å². The van der Waals surface area contributed by atoms with Crippen LogP contribution in [0.3, 0.4) is 0 Å². The number of likely N-dealkylation sites (tertiary alicyclic amines) is 1. The van der Waals surface area contributed by atoms with Crippen molar-refractivity contribution in [1.82, 2.24) is 19.8 Å². The van der Waals surface area contributed by atoms with Gasteiger partial charge in [-0.25, -0.2) is 0 Å². The van der Waals surface area contributed by atoms with Crippen LogP contribution >= 0.6 is 11.5 Å². The van der Waals surface area contributed by atoms with E-state index < -0.39 is 0 Å². The maximum Gasteiger partial charge on any atom is 0.273 e. The van der Waals surface area contributed by atoms with E-state index in [0.717, 1.165) is 50.2 Å². The smallest absolute Gasteiger partial charge is 0.273 e. The number of nitrogens with one attached hydrogen (secondary N) is 1. The Morgan fingerprint density at radius 2 is 2.23 bits per heavy atom. The van der Waals surface area contributed by atoms with Gasteiger partial charge in [0.15, 0.2) is 5.69 Å². The Kier molecular flexibility index (Phi) is 4.74. The minimum absolute atomic E-state index is 0.0832. The zero-order chi connectivity index (χ0) is 18.0. The molecule has 3 heterocycles. The van der Waals surface area contributed by atoms with Crippen LogP contribution in [0.5, 0.6) is 5.75 Å². The van der Waals surface area contributed by atoms with Crippen LogP contribution in [0.4, 0.5) is 0 Å². The highest BCUT2D eigenvalue weighted by Crippen LogP contribution is 2.44. The molecule has 136 valence electrons. The second kappa shape index (κ2) is 7.17. The molecule has 0 saturated carbocycles. The van der Waals surface area contributed by atoms with Crippen LogP contribution < -0.4 is 10.1 Å². The lowest BCUT2D eigenvalue weighted by Gasteiger charge is -2.46. The van der Waals surface area contributed by atoms with Crippen LogP contribution in [-0.4, -0.2) is 45.6 Å². The van der Waals surface area contributed by atoms with Gasteiger partial charge in [0.1, 0.15) is 11.4 Å². The highest BCUT2D eigenvalue weighted by Gasteiger charge is 2.43. The first kappa shape index (κ1) is 17.2. The third-order valence-electron chi connectivity index (χ3n) is 5.25. The highest BCUT2D eigenvalue weighted by atomic mass is 32.1. The van der Waals surface area contributed by atoms with Gasteiger partial charge in [0.25, 0.3) is 5.91 Å². The van der Waals surface area contributed by atoms with Gasteiger partial charge < -0.3 is 10.1 Å². The van der Waals surface area contributed by atoms with E-state index in [1.807, 2.05) is 30.3 Å². The molecule has 0 bridgehead atoms. The van der Waals surface area contributed by atoms with E-state index in [1.54, 1.807) is 5.38 Å². The van der Waals surface area contributed by atoms with Gasteiger partial charge in [-0.15, -0.1) is 11.7 Å². The molecule has 1 saturated heterocycles. The molecule has 2 aliphatic rings. The quantitative estimate of drug-likeness (QED) is 0.839. The molecule has 7 heteroatoms. The van der Waals surface area contributed by atoms with Crippen LogP contribution in [-0.2, 0) is 0 Å². The number of aromatic nitrogens is 2. The Morgan fingerprint density at radius 3 is 2.96 bits per heavy atom. The molecule has 1 amide bonds. The van der Waals surface area contributed by atoms with Crippen molar-refractivity contribution in [3.8, 4) is 5.75 Å². The number of carbonyl (C=O) groups is 1. The summed E-state index contributed by atoms with van der Waals surface area (Å²) >= 11 is 1.18. The third kappa shape index (κ3) is 3.37. The molecule has 0 radical (unpaired) electrons. The number of hydrogen-bond acceptors (Lipinski definition) is 6. The predicted molar refractivity (Wildman–Crippen MR) is 100 cm³/mol. The van der Waals surface area contributed by atoms with Crippen molar-refractivity contribution < 1.29 is 9.53 Å². The molecule has 2 aromatic rings. The normalized spacial score (nSPS) is 21.6. The van der Waals surface area contributed by atoms with Crippen LogP contribution in [0.2, 0.25) is 0 Å². The van der Waals surface area contributed by atoms with E-state index in [4.69, 9.17) is 4.74 Å². The summed E-state index contributed by atoms with van der Waals surface area (Å²) in [7, 11) is 0. The maximum atomic E-state index is 12.5. The lowest BCUT2D eigenvalue weighted by molar-refractivity contribution is -0.0223. The number of benzene rings is 1. The molecule has 4 rings (SSSR count). The topological polar surface area (TPSA) is 67.4 Å². The van der Waals surface area contributed by atoms with Crippen molar-refractivity contribution in [2.75, 3.05) is 19.6 Å². The summed E-state index contributed by atoms with van der Waals surface area (Å²) in [5, 5.41) is 8.69. The SMILES string of the molecule is C=CCN1CCC2(CC1)C[C@H](NC(=O)c1csnn1)c1ccccc1O2. The molecule has 1 atom stereocenters. The standard InChI is InChI=1S/C19H22N4O2S/c1-2-9-23-10-7-19(8-11-23)12-15(14-5-3-4-6-17(14)25-19)20-18(24)16-13-26-22-21-16/h2-6,13,15H,1,7-12H2,(H,20,24)/t15-/m0/s1. The van der Waals surface area contributed by atoms with Gasteiger partial charge in [-0.1, -0.05) is 28.8 Å². The molecular weight excluding hydrogens is 348 g/mol. The number of rotatable bonds is 4. The number of hydrogen-bond donors (Lipinski definition) is 1. The van der Waals surface area contributed by atoms with E-state index in [-0.39, 0.29) is 17.6 Å². The summed E-state index contributed by atoms with van der Waals surface area (Å²) in [6.45, 7) is 6.69. The molecule has 1 fully saturated rings. The molecular formula is C19H22N4O2S. The van der Waals surface area contributed by atoms with Crippen molar-refractivity contribution in [3.05, 3.63) is 53.6 Å². The van der Waals surface area contributed by atoms with Crippen LogP contribution in [0, 0.1) is 0 Å². The fraction of sp³-hybridized carbons (Fsp3) is 0.421. The fourth-order valence-electron chi connectivity index (χ4n) is 3.87. The molecule has 6 nitrogen and oxygen atoms in total. The van der Waals surface area contributed by atoms with E-state index in [1.165, 1.54) is 11.5 Å². The molecule has 0 aliphatic carbocycles. The van der Waals surface area contributed by atoms with Gasteiger partial charge in [0.05, 0.1) is 6.04 Å². The first-order valence-corrected chi connectivity index (χ1v) is 9.72. The number of fused-ring (bicyclic) bond motifs is 1. The molecule has 2 aliphatic heterocycles. The largest absolute Gasteiger partial charge is 0.487 e. The lowest BCUT2D eigenvalue weighted by atomic mass is 9.80. The van der Waals surface area contributed by atoms with Gasteiger partial charge in [-0.05, 0) is 30.4 Å². The van der Waals surface area contributed by atoms with Crippen molar-refractivity contribution in [2.45, 2.75) is 30.9 Å². The Bertz CT molecular complexity index is 785. The van der Waals surface area contributed by atoms with E-state index in [2.05, 4.69) is 26.4 Å². The van der Waals surface area contributed by atoms with Gasteiger partial charge in [-0.3, -0.25) is 9.69 Å². The van der Waals surface area contributed by atoms with E-state index in [9.17, 15) is 4.79 Å². The van der Waals surface area contributed by atoms with E-state index >= 15 is 0 Å². The zero-order valence-corrected chi connectivity index (χ0v) is 15.4. The van der Waals surface area contributed by atoms with Gasteiger partial charge in [-0.2, -0.15) is 0 Å². The average molecular weight is 370 g/mol. The number of piperidine rings is 1. The van der Waals surface area contributed by atoms with Crippen molar-refractivity contribution in [1.29, 1.82) is 0 Å². The second-order valence-electron chi connectivity index (χ2n) is 6.93. The maximum absolute atomic E-state index is 12.5. The summed E-state index contributed by atoms with van der Waals surface area (Å²) in [6, 6.07) is 7.90. The molecule has 26 heavy (non-hydrogen) atoms. The van der Waals surface area contributed by atoms with Crippen LogP contribution in [0.1, 0.15) is 41.4 Å². The summed E-state index contributed by atoms with van der Waals surface area (Å²) in [5.74, 6) is 0.692. The fourth-order valence-corrected chi connectivity index (χ4v) is 4.31. The van der Waals surface area contributed by atoms with Crippen LogP contribution in [0.25, 0.3) is 0 Å². The summed E-state index contributed by atoms with van der Waals surface area (Å²) in [5.41, 5.74) is 1.17. The molecule has 1 aromatic heterocycles. The second-order valence-corrected chi connectivity index (χ2v) is 7.54. The highest BCUT2D eigenvalue weighted by molar-refractivity contribution is 7.03. The number of nitrogens with zero attached hydrogens (tertiary/aromatic N) is 3. The Hall–Kier alpha value is -2.25. The van der Waals surface area contributed by atoms with Crippen molar-refractivity contribution >= 4 is 17.4 Å². The number of amides is 1. The lowest BCUT2D eigenvalue weighted by Crippen LogP contribution is -2.52. The van der Waals surface area contributed by atoms with Gasteiger partial charge >= 0.3 is 0 Å². The summed E-state index contributed by atoms with van der Waals surface area (Å²) < 4.78 is 10.2. The first-order valence-electron chi connectivity index (χ1n) is 8.88. The predicted octanol–water partition coefficient (Wildman–Crippen LogP) is 2.81. The Morgan fingerprint density at radius 1 is 1.42 bits per heavy atom. The Labute approximate surface area is 157 Å². The average Bonchev–Trinajstić information content (AvgIpc) is 3.19. The number of ether oxygens (including phenoxy) is 1. The minimum Gasteiger partial charge on any atom is -0.487 e. The number of para-hydroxylation sites is 1. The van der Waals surface area contributed by atoms with Crippen LogP contribution in [0.15, 0.2) is 42.3 Å². The molecule has 1 spiro atoms. The summed E-state index contributed by atoms with van der Waals surface area (Å²) in [6.07, 6.45) is 4.61. The van der Waals surface area contributed by atoms with Gasteiger partial charge in [0, 0.05) is 37.0 Å². The zero-order valence-electron chi connectivity index (χ0n) is 14.6. The summed E-state index contributed by atoms with van der Waals surface area (Å²) in [4.78, 5) is 14.9. The van der Waals surface area contributed by atoms with Gasteiger partial charge in [0.2, 0.25) is 0 Å². The molecule has 1 N–H and O–H groups in total. The Balaban J connectivity index is 1.56. The molecule has 0 unspecified atom stereocenters. The van der Waals surface area contributed by atoms with Crippen molar-refractivity contribution in [3.63, 3.8) is 0 Å². The monoisotopic (exact) mass is 370 g/mol. The third-order valence-corrected chi connectivity index (χ3v) is 5.75. The van der Waals surface area contributed by atoms with Crippen molar-refractivity contribution in [2.24, 2.45) is 0 Å².